The Morgan fingerprint density at radius 3 is 2.65 bits per heavy atom. The fraction of sp³-hybridized carbons (Fsp3) is 0. The summed E-state index contributed by atoms with van der Waals surface area (Å²) in [4.78, 5) is 10.2. The number of rotatable bonds is 3. The van der Waals surface area contributed by atoms with Crippen molar-refractivity contribution in [3.8, 4) is 6.07 Å². The van der Waals surface area contributed by atoms with Crippen LogP contribution in [0.25, 0.3) is 11.6 Å². The van der Waals surface area contributed by atoms with E-state index in [1.165, 1.54) is 42.5 Å². The largest absolute Gasteiger partial charge is 0.270 e. The molecule has 5 heteroatoms. The van der Waals surface area contributed by atoms with Crippen molar-refractivity contribution in [3.05, 3.63) is 75.6 Å². The van der Waals surface area contributed by atoms with Gasteiger partial charge < -0.3 is 0 Å². The first kappa shape index (κ1) is 13.4. The van der Waals surface area contributed by atoms with Gasteiger partial charge in [-0.05, 0) is 29.3 Å². The van der Waals surface area contributed by atoms with Gasteiger partial charge in [-0.15, -0.1) is 0 Å². The van der Waals surface area contributed by atoms with Gasteiger partial charge in [0.2, 0.25) is 0 Å². The van der Waals surface area contributed by atoms with E-state index in [0.29, 0.717) is 11.1 Å². The van der Waals surface area contributed by atoms with Crippen molar-refractivity contribution in [2.24, 2.45) is 0 Å². The molecule has 0 spiro atoms. The molecule has 0 fully saturated rings. The average molecular weight is 268 g/mol. The van der Waals surface area contributed by atoms with E-state index < -0.39 is 10.7 Å². The van der Waals surface area contributed by atoms with Crippen LogP contribution in [0.1, 0.15) is 11.1 Å². The number of nitro groups is 1. The second-order valence-electron chi connectivity index (χ2n) is 4.03. The van der Waals surface area contributed by atoms with Crippen LogP contribution in [-0.4, -0.2) is 4.92 Å². The molecule has 4 nitrogen and oxygen atoms in total. The summed E-state index contributed by atoms with van der Waals surface area (Å²) in [6.07, 6.45) is 1.49. The van der Waals surface area contributed by atoms with Gasteiger partial charge in [0.25, 0.3) is 5.69 Å². The zero-order valence-electron chi connectivity index (χ0n) is 10.3. The molecule has 0 saturated carbocycles. The van der Waals surface area contributed by atoms with Crippen LogP contribution >= 0.6 is 0 Å². The first-order chi connectivity index (χ1) is 9.60. The van der Waals surface area contributed by atoms with Gasteiger partial charge in [-0.2, -0.15) is 5.26 Å². The number of non-ortho nitro benzene ring substituents is 1. The maximum atomic E-state index is 13.1. The van der Waals surface area contributed by atoms with Crippen molar-refractivity contribution in [1.29, 1.82) is 5.26 Å². The van der Waals surface area contributed by atoms with Gasteiger partial charge in [0.05, 0.1) is 16.6 Å². The highest BCUT2D eigenvalue weighted by Gasteiger charge is 2.08. The first-order valence-electron chi connectivity index (χ1n) is 5.72. The summed E-state index contributed by atoms with van der Waals surface area (Å²) in [5.41, 5.74) is 1.08. The molecule has 98 valence electrons. The average Bonchev–Trinajstić information content (AvgIpc) is 2.45. The lowest BCUT2D eigenvalue weighted by molar-refractivity contribution is -0.384. The zero-order chi connectivity index (χ0) is 14.5. The minimum atomic E-state index is -0.527. The van der Waals surface area contributed by atoms with Gasteiger partial charge in [-0.1, -0.05) is 24.3 Å². The Bertz CT molecular complexity index is 733. The van der Waals surface area contributed by atoms with E-state index in [1.807, 2.05) is 6.07 Å². The lowest BCUT2D eigenvalue weighted by Crippen LogP contribution is -1.89. The molecule has 0 N–H and O–H groups in total. The van der Waals surface area contributed by atoms with Crippen LogP contribution in [0.4, 0.5) is 10.1 Å². The third kappa shape index (κ3) is 3.06. The third-order valence-corrected chi connectivity index (χ3v) is 2.65. The molecular weight excluding hydrogens is 259 g/mol. The minimum absolute atomic E-state index is 0.0945. The fourth-order valence-electron chi connectivity index (χ4n) is 1.73. The fourth-order valence-corrected chi connectivity index (χ4v) is 1.73. The SMILES string of the molecule is N#C/C(=C/c1cccc(F)c1)c1cccc([N+](=O)[O-])c1. The standard InChI is InChI=1S/C15H9FN2O2/c16-14-5-1-3-11(8-14)7-13(10-17)12-4-2-6-15(9-12)18(19)20/h1-9H/b13-7-. The van der Waals surface area contributed by atoms with Gasteiger partial charge in [0, 0.05) is 12.1 Å². The van der Waals surface area contributed by atoms with Crippen LogP contribution in [0.3, 0.4) is 0 Å². The quantitative estimate of drug-likeness (QED) is 0.368. The molecule has 0 atom stereocenters. The molecule has 0 saturated heterocycles. The van der Waals surface area contributed by atoms with E-state index in [-0.39, 0.29) is 11.3 Å². The summed E-state index contributed by atoms with van der Waals surface area (Å²) in [7, 11) is 0. The number of nitro benzene ring substituents is 1. The number of allylic oxidation sites excluding steroid dienone is 1. The summed E-state index contributed by atoms with van der Waals surface area (Å²) >= 11 is 0. The normalized spacial score (nSPS) is 10.9. The minimum Gasteiger partial charge on any atom is -0.258 e. The summed E-state index contributed by atoms with van der Waals surface area (Å²) in [5.74, 6) is -0.407. The van der Waals surface area contributed by atoms with Crippen LogP contribution in [0.5, 0.6) is 0 Å². The Labute approximate surface area is 114 Å². The predicted octanol–water partition coefficient (Wildman–Crippen LogP) is 3.80. The number of hydrogen-bond acceptors (Lipinski definition) is 3. The topological polar surface area (TPSA) is 66.9 Å². The number of hydrogen-bond donors (Lipinski definition) is 0. The van der Waals surface area contributed by atoms with E-state index in [1.54, 1.807) is 12.1 Å². The smallest absolute Gasteiger partial charge is 0.258 e. The molecule has 0 unspecified atom stereocenters. The highest BCUT2D eigenvalue weighted by Crippen LogP contribution is 2.22. The van der Waals surface area contributed by atoms with Crippen LogP contribution in [0.2, 0.25) is 0 Å². The van der Waals surface area contributed by atoms with E-state index in [9.17, 15) is 14.5 Å². The second kappa shape index (κ2) is 5.76. The molecule has 0 heterocycles. The highest BCUT2D eigenvalue weighted by atomic mass is 19.1. The summed E-state index contributed by atoms with van der Waals surface area (Å²) in [6, 6.07) is 13.5. The van der Waals surface area contributed by atoms with Crippen LogP contribution < -0.4 is 0 Å². The molecule has 0 radical (unpaired) electrons. The monoisotopic (exact) mass is 268 g/mol. The van der Waals surface area contributed by atoms with Gasteiger partial charge in [-0.25, -0.2) is 4.39 Å². The molecule has 0 bridgehead atoms. The summed E-state index contributed by atoms with van der Waals surface area (Å²) < 4.78 is 13.1. The molecule has 0 aromatic heterocycles. The molecule has 0 aliphatic rings. The van der Waals surface area contributed by atoms with Crippen molar-refractivity contribution in [2.75, 3.05) is 0 Å². The van der Waals surface area contributed by atoms with Crippen LogP contribution in [-0.2, 0) is 0 Å². The molecule has 20 heavy (non-hydrogen) atoms. The van der Waals surface area contributed by atoms with Crippen molar-refractivity contribution in [2.45, 2.75) is 0 Å². The molecule has 0 aliphatic carbocycles. The number of benzene rings is 2. The lowest BCUT2D eigenvalue weighted by Gasteiger charge is -2.00. The summed E-state index contributed by atoms with van der Waals surface area (Å²) in [5, 5.41) is 19.9. The van der Waals surface area contributed by atoms with E-state index >= 15 is 0 Å². The molecule has 0 amide bonds. The molecule has 2 rings (SSSR count). The number of nitriles is 1. The predicted molar refractivity (Wildman–Crippen MR) is 73.0 cm³/mol. The Hall–Kier alpha value is -3.00. The Morgan fingerprint density at radius 2 is 2.00 bits per heavy atom. The van der Waals surface area contributed by atoms with Crippen molar-refractivity contribution in [3.63, 3.8) is 0 Å². The maximum Gasteiger partial charge on any atom is 0.270 e. The van der Waals surface area contributed by atoms with Crippen LogP contribution in [0.15, 0.2) is 48.5 Å². The van der Waals surface area contributed by atoms with E-state index in [4.69, 9.17) is 5.26 Å². The number of halogens is 1. The van der Waals surface area contributed by atoms with Crippen molar-refractivity contribution in [1.82, 2.24) is 0 Å². The molecule has 0 aliphatic heterocycles. The Morgan fingerprint density at radius 1 is 1.25 bits per heavy atom. The van der Waals surface area contributed by atoms with E-state index in [0.717, 1.165) is 0 Å². The molecule has 2 aromatic carbocycles. The van der Waals surface area contributed by atoms with Gasteiger partial charge >= 0.3 is 0 Å². The van der Waals surface area contributed by atoms with Crippen molar-refractivity contribution >= 4 is 17.3 Å². The highest BCUT2D eigenvalue weighted by molar-refractivity contribution is 5.90. The van der Waals surface area contributed by atoms with Gasteiger partial charge in [-0.3, -0.25) is 10.1 Å². The van der Waals surface area contributed by atoms with E-state index in [2.05, 4.69) is 0 Å². The Kier molecular flexibility index (Phi) is 3.87. The van der Waals surface area contributed by atoms with Crippen molar-refractivity contribution < 1.29 is 9.31 Å². The zero-order valence-corrected chi connectivity index (χ0v) is 10.3. The molecule has 2 aromatic rings. The van der Waals surface area contributed by atoms with Gasteiger partial charge in [0.15, 0.2) is 0 Å². The third-order valence-electron chi connectivity index (χ3n) is 2.65. The Balaban J connectivity index is 2.45. The second-order valence-corrected chi connectivity index (χ2v) is 4.03. The number of nitrogens with zero attached hydrogens (tertiary/aromatic N) is 2. The molecular formula is C15H9FN2O2. The van der Waals surface area contributed by atoms with Gasteiger partial charge in [0.1, 0.15) is 5.82 Å². The summed E-state index contributed by atoms with van der Waals surface area (Å²) in [6.45, 7) is 0. The first-order valence-corrected chi connectivity index (χ1v) is 5.72. The lowest BCUT2D eigenvalue weighted by atomic mass is 10.0. The maximum absolute atomic E-state index is 13.1. The van der Waals surface area contributed by atoms with Crippen LogP contribution in [0, 0.1) is 27.3 Å².